The summed E-state index contributed by atoms with van der Waals surface area (Å²) < 4.78 is 7.10. The topological polar surface area (TPSA) is 66.0 Å². The first kappa shape index (κ1) is 11.6. The van der Waals surface area contributed by atoms with Crippen LogP contribution in [0.25, 0.3) is 11.3 Å². The molecular weight excluding hydrogens is 216 g/mol. The zero-order chi connectivity index (χ0) is 12.1. The summed E-state index contributed by atoms with van der Waals surface area (Å²) >= 11 is 0. The SMILES string of the molecule is COCCCn1cncc1-c1cnccc1N. The lowest BCUT2D eigenvalue weighted by molar-refractivity contribution is 0.190. The molecule has 0 aliphatic carbocycles. The number of rotatable bonds is 5. The number of nitrogens with two attached hydrogens (primary N) is 1. The van der Waals surface area contributed by atoms with Crippen molar-refractivity contribution in [1.82, 2.24) is 14.5 Å². The fraction of sp³-hybridized carbons (Fsp3) is 0.333. The lowest BCUT2D eigenvalue weighted by Gasteiger charge is -2.09. The van der Waals surface area contributed by atoms with Gasteiger partial charge in [-0.2, -0.15) is 0 Å². The van der Waals surface area contributed by atoms with Gasteiger partial charge in [0.15, 0.2) is 0 Å². The van der Waals surface area contributed by atoms with Gasteiger partial charge in [0.2, 0.25) is 0 Å². The maximum absolute atomic E-state index is 5.93. The number of methoxy groups -OCH3 is 1. The molecule has 2 aromatic heterocycles. The highest BCUT2D eigenvalue weighted by Crippen LogP contribution is 2.24. The molecule has 0 radical (unpaired) electrons. The molecule has 2 rings (SSSR count). The number of pyridine rings is 1. The predicted molar refractivity (Wildman–Crippen MR) is 66.4 cm³/mol. The van der Waals surface area contributed by atoms with Crippen molar-refractivity contribution in [3.63, 3.8) is 0 Å². The molecule has 0 spiro atoms. The second kappa shape index (κ2) is 5.45. The van der Waals surface area contributed by atoms with Gasteiger partial charge in [-0.25, -0.2) is 4.98 Å². The first-order chi connectivity index (χ1) is 8.33. The van der Waals surface area contributed by atoms with Crippen molar-refractivity contribution in [2.75, 3.05) is 19.5 Å². The highest BCUT2D eigenvalue weighted by Gasteiger charge is 2.07. The summed E-state index contributed by atoms with van der Waals surface area (Å²) in [6.07, 6.45) is 8.00. The highest BCUT2D eigenvalue weighted by molar-refractivity contribution is 5.72. The van der Waals surface area contributed by atoms with Crippen LogP contribution in [-0.2, 0) is 11.3 Å². The Hall–Kier alpha value is -1.88. The molecule has 0 saturated carbocycles. The summed E-state index contributed by atoms with van der Waals surface area (Å²) in [4.78, 5) is 8.25. The van der Waals surface area contributed by atoms with Crippen LogP contribution in [0.15, 0.2) is 31.0 Å². The molecule has 2 heterocycles. The minimum atomic E-state index is 0.716. The van der Waals surface area contributed by atoms with Gasteiger partial charge in [-0.3, -0.25) is 4.98 Å². The molecule has 0 fully saturated rings. The van der Waals surface area contributed by atoms with E-state index in [1.54, 1.807) is 38.1 Å². The van der Waals surface area contributed by atoms with E-state index in [0.717, 1.165) is 30.8 Å². The quantitative estimate of drug-likeness (QED) is 0.794. The number of anilines is 1. The van der Waals surface area contributed by atoms with Crippen LogP contribution in [0.5, 0.6) is 0 Å². The zero-order valence-electron chi connectivity index (χ0n) is 9.84. The molecule has 0 aromatic carbocycles. The van der Waals surface area contributed by atoms with Crippen molar-refractivity contribution in [1.29, 1.82) is 0 Å². The van der Waals surface area contributed by atoms with Crippen LogP contribution >= 0.6 is 0 Å². The number of aromatic nitrogens is 3. The second-order valence-electron chi connectivity index (χ2n) is 3.78. The van der Waals surface area contributed by atoms with Gasteiger partial charge >= 0.3 is 0 Å². The van der Waals surface area contributed by atoms with E-state index in [0.29, 0.717) is 5.69 Å². The lowest BCUT2D eigenvalue weighted by Crippen LogP contribution is -2.03. The number of hydrogen-bond acceptors (Lipinski definition) is 4. The molecule has 90 valence electrons. The van der Waals surface area contributed by atoms with Gasteiger partial charge in [0.25, 0.3) is 0 Å². The van der Waals surface area contributed by atoms with Crippen LogP contribution in [0.3, 0.4) is 0 Å². The van der Waals surface area contributed by atoms with Crippen LogP contribution in [0.2, 0.25) is 0 Å². The van der Waals surface area contributed by atoms with E-state index in [9.17, 15) is 0 Å². The van der Waals surface area contributed by atoms with Gasteiger partial charge in [0.1, 0.15) is 0 Å². The number of nitrogens with zero attached hydrogens (tertiary/aromatic N) is 3. The molecule has 0 saturated heterocycles. The van der Waals surface area contributed by atoms with Crippen LogP contribution in [-0.4, -0.2) is 28.3 Å². The van der Waals surface area contributed by atoms with Gasteiger partial charge in [-0.1, -0.05) is 0 Å². The molecular formula is C12H16N4O. The van der Waals surface area contributed by atoms with Crippen molar-refractivity contribution < 1.29 is 4.74 Å². The second-order valence-corrected chi connectivity index (χ2v) is 3.78. The van der Waals surface area contributed by atoms with Gasteiger partial charge < -0.3 is 15.0 Å². The predicted octanol–water partition coefficient (Wildman–Crippen LogP) is 1.56. The first-order valence-electron chi connectivity index (χ1n) is 5.52. The van der Waals surface area contributed by atoms with Gasteiger partial charge in [0.05, 0.1) is 18.2 Å². The summed E-state index contributed by atoms with van der Waals surface area (Å²) in [6, 6.07) is 1.79. The number of nitrogen functional groups attached to an aromatic ring is 1. The van der Waals surface area contributed by atoms with Crippen molar-refractivity contribution in [3.05, 3.63) is 31.0 Å². The number of imidazole rings is 1. The Kier molecular flexibility index (Phi) is 3.72. The Balaban J connectivity index is 2.22. The highest BCUT2D eigenvalue weighted by atomic mass is 16.5. The maximum atomic E-state index is 5.93. The van der Waals surface area contributed by atoms with Crippen molar-refractivity contribution in [2.24, 2.45) is 0 Å². The summed E-state index contributed by atoms with van der Waals surface area (Å²) in [5, 5.41) is 0. The first-order valence-corrected chi connectivity index (χ1v) is 5.52. The fourth-order valence-corrected chi connectivity index (χ4v) is 1.72. The summed E-state index contributed by atoms with van der Waals surface area (Å²) in [7, 11) is 1.70. The van der Waals surface area contributed by atoms with Crippen molar-refractivity contribution >= 4 is 5.69 Å². The number of aryl methyl sites for hydroxylation is 1. The number of hydrogen-bond donors (Lipinski definition) is 1. The van der Waals surface area contributed by atoms with E-state index >= 15 is 0 Å². The van der Waals surface area contributed by atoms with E-state index in [4.69, 9.17) is 10.5 Å². The maximum Gasteiger partial charge on any atom is 0.0950 e. The van der Waals surface area contributed by atoms with Gasteiger partial charge in [-0.05, 0) is 12.5 Å². The van der Waals surface area contributed by atoms with Gasteiger partial charge in [-0.15, -0.1) is 0 Å². The Morgan fingerprint density at radius 1 is 1.35 bits per heavy atom. The van der Waals surface area contributed by atoms with Crippen LogP contribution in [0.4, 0.5) is 5.69 Å². The molecule has 2 N–H and O–H groups in total. The normalized spacial score (nSPS) is 10.6. The Morgan fingerprint density at radius 3 is 3.00 bits per heavy atom. The Morgan fingerprint density at radius 2 is 2.24 bits per heavy atom. The summed E-state index contributed by atoms with van der Waals surface area (Å²) in [5.74, 6) is 0. The number of ether oxygens (including phenoxy) is 1. The average Bonchev–Trinajstić information content (AvgIpc) is 2.78. The zero-order valence-corrected chi connectivity index (χ0v) is 9.84. The average molecular weight is 232 g/mol. The third-order valence-corrected chi connectivity index (χ3v) is 2.59. The van der Waals surface area contributed by atoms with E-state index in [1.807, 2.05) is 0 Å². The van der Waals surface area contributed by atoms with E-state index in [2.05, 4.69) is 14.5 Å². The van der Waals surface area contributed by atoms with Crippen LogP contribution < -0.4 is 5.73 Å². The third kappa shape index (κ3) is 2.62. The van der Waals surface area contributed by atoms with Crippen LogP contribution in [0, 0.1) is 0 Å². The molecule has 17 heavy (non-hydrogen) atoms. The molecule has 5 heteroatoms. The van der Waals surface area contributed by atoms with E-state index < -0.39 is 0 Å². The van der Waals surface area contributed by atoms with Crippen molar-refractivity contribution in [2.45, 2.75) is 13.0 Å². The molecule has 2 aromatic rings. The Labute approximate surface area is 100 Å². The smallest absolute Gasteiger partial charge is 0.0950 e. The third-order valence-electron chi connectivity index (χ3n) is 2.59. The molecule has 5 nitrogen and oxygen atoms in total. The summed E-state index contributed by atoms with van der Waals surface area (Å²) in [6.45, 7) is 1.59. The molecule has 0 aliphatic heterocycles. The van der Waals surface area contributed by atoms with E-state index in [1.165, 1.54) is 0 Å². The van der Waals surface area contributed by atoms with Crippen molar-refractivity contribution in [3.8, 4) is 11.3 Å². The minimum absolute atomic E-state index is 0.716. The van der Waals surface area contributed by atoms with E-state index in [-0.39, 0.29) is 0 Å². The largest absolute Gasteiger partial charge is 0.398 e. The monoisotopic (exact) mass is 232 g/mol. The molecule has 0 unspecified atom stereocenters. The van der Waals surface area contributed by atoms with Crippen LogP contribution in [0.1, 0.15) is 6.42 Å². The molecule has 0 bridgehead atoms. The Bertz CT molecular complexity index is 481. The minimum Gasteiger partial charge on any atom is -0.398 e. The van der Waals surface area contributed by atoms with Gasteiger partial charge in [0, 0.05) is 43.9 Å². The molecule has 0 aliphatic rings. The summed E-state index contributed by atoms with van der Waals surface area (Å²) in [5.41, 5.74) is 8.56. The molecule has 0 amide bonds. The lowest BCUT2D eigenvalue weighted by atomic mass is 10.2. The fourth-order valence-electron chi connectivity index (χ4n) is 1.72. The molecule has 0 atom stereocenters. The standard InChI is InChI=1S/C12H16N4O/c1-17-6-2-5-16-9-15-8-12(16)10-7-14-4-3-11(10)13/h3-4,7-9H,2,5-6H2,1H3,(H2,13,14).